The van der Waals surface area contributed by atoms with Crippen LogP contribution in [-0.4, -0.2) is 66.1 Å². The molecule has 0 spiro atoms. The molecule has 1 aliphatic heterocycles. The maximum absolute atomic E-state index is 14.0. The highest BCUT2D eigenvalue weighted by atomic mass is 32.2. The summed E-state index contributed by atoms with van der Waals surface area (Å²) in [7, 11) is -0.907. The summed E-state index contributed by atoms with van der Waals surface area (Å²) in [6, 6.07) is 11.0. The predicted octanol–water partition coefficient (Wildman–Crippen LogP) is 7.65. The van der Waals surface area contributed by atoms with Crippen LogP contribution < -0.4 is 14.8 Å². The molecule has 2 N–H and O–H groups in total. The number of carbonyl (C=O) groups is 1. The molecule has 260 valence electrons. The van der Waals surface area contributed by atoms with Crippen LogP contribution in [0, 0.1) is 11.8 Å². The van der Waals surface area contributed by atoms with Gasteiger partial charge in [0.2, 0.25) is 15.9 Å². The number of benzene rings is 2. The standard InChI is InChI=1S/C37H45N5O6S/c1-5-23(2)8-9-24-10-11-25(16-24)27-17-28(36(43)44)19-29(18-27)40-34-30-13-12-26(31-21-39-37(48-4)41-35(31)47-3)20-32(30)38-22-33(34)49(45,46)42-14-6-7-15-42/h12-13,17-25H,5-11,14-16H2,1-4H3,(H,38,40)(H,43,44). The smallest absolute Gasteiger partial charge is 0.335 e. The number of carboxylic acid groups (broad SMARTS) is 1. The van der Waals surface area contributed by atoms with E-state index >= 15 is 0 Å². The second kappa shape index (κ2) is 14.7. The van der Waals surface area contributed by atoms with E-state index in [2.05, 4.69) is 34.1 Å². The van der Waals surface area contributed by atoms with E-state index in [1.807, 2.05) is 24.3 Å². The van der Waals surface area contributed by atoms with E-state index in [1.54, 1.807) is 18.3 Å². The van der Waals surface area contributed by atoms with Crippen LogP contribution >= 0.6 is 0 Å². The van der Waals surface area contributed by atoms with Crippen LogP contribution in [-0.2, 0) is 10.0 Å². The summed E-state index contributed by atoms with van der Waals surface area (Å²) in [5.74, 6) is 0.863. The number of nitrogens with one attached hydrogen (secondary N) is 1. The number of methoxy groups -OCH3 is 2. The van der Waals surface area contributed by atoms with Gasteiger partial charge in [-0.25, -0.2) is 18.2 Å². The average Bonchev–Trinajstić information content (AvgIpc) is 3.84. The molecule has 2 aliphatic rings. The molecule has 6 rings (SSSR count). The van der Waals surface area contributed by atoms with Crippen LogP contribution in [0.1, 0.15) is 87.1 Å². The van der Waals surface area contributed by atoms with Gasteiger partial charge in [-0.05, 0) is 85.3 Å². The van der Waals surface area contributed by atoms with Gasteiger partial charge in [0.05, 0.1) is 36.6 Å². The highest BCUT2D eigenvalue weighted by Gasteiger charge is 2.32. The van der Waals surface area contributed by atoms with E-state index in [0.29, 0.717) is 58.6 Å². The van der Waals surface area contributed by atoms with Crippen molar-refractivity contribution in [1.82, 2.24) is 19.3 Å². The molecule has 0 amide bonds. The third-order valence-corrected chi connectivity index (χ3v) is 12.1. The summed E-state index contributed by atoms with van der Waals surface area (Å²) in [6.07, 6.45) is 11.3. The van der Waals surface area contributed by atoms with Gasteiger partial charge < -0.3 is 19.9 Å². The number of sulfonamides is 1. The zero-order valence-electron chi connectivity index (χ0n) is 28.6. The lowest BCUT2D eigenvalue weighted by Gasteiger charge is -2.21. The fourth-order valence-electron chi connectivity index (χ4n) is 7.13. The van der Waals surface area contributed by atoms with Gasteiger partial charge in [0.25, 0.3) is 0 Å². The highest BCUT2D eigenvalue weighted by molar-refractivity contribution is 7.89. The number of hydrogen-bond donors (Lipinski definition) is 2. The van der Waals surface area contributed by atoms with Crippen molar-refractivity contribution >= 4 is 38.3 Å². The Morgan fingerprint density at radius 3 is 2.57 bits per heavy atom. The Balaban J connectivity index is 1.42. The molecule has 1 saturated carbocycles. The summed E-state index contributed by atoms with van der Waals surface area (Å²) in [6.45, 7) is 5.41. The van der Waals surface area contributed by atoms with Crippen molar-refractivity contribution in [3.63, 3.8) is 0 Å². The summed E-state index contributed by atoms with van der Waals surface area (Å²) in [5, 5.41) is 14.1. The number of ether oxygens (including phenoxy) is 2. The molecule has 4 aromatic rings. The van der Waals surface area contributed by atoms with E-state index < -0.39 is 16.0 Å². The monoisotopic (exact) mass is 687 g/mol. The van der Waals surface area contributed by atoms with Gasteiger partial charge >= 0.3 is 12.0 Å². The number of carboxylic acids is 1. The number of aromatic nitrogens is 3. The second-order valence-corrected chi connectivity index (χ2v) is 15.3. The van der Waals surface area contributed by atoms with E-state index in [-0.39, 0.29) is 22.4 Å². The molecule has 2 aromatic heterocycles. The minimum Gasteiger partial charge on any atom is -0.480 e. The Hall–Kier alpha value is -4.29. The van der Waals surface area contributed by atoms with E-state index in [1.165, 1.54) is 44.0 Å². The normalized spacial score (nSPS) is 18.9. The Kier molecular flexibility index (Phi) is 10.4. The maximum Gasteiger partial charge on any atom is 0.335 e. The van der Waals surface area contributed by atoms with Crippen molar-refractivity contribution in [1.29, 1.82) is 0 Å². The lowest BCUT2D eigenvalue weighted by Crippen LogP contribution is -2.28. The van der Waals surface area contributed by atoms with Crippen molar-refractivity contribution in [3.8, 4) is 23.0 Å². The molecule has 0 bridgehead atoms. The molecule has 2 fully saturated rings. The third kappa shape index (κ3) is 7.35. The lowest BCUT2D eigenvalue weighted by atomic mass is 9.91. The first-order valence-electron chi connectivity index (χ1n) is 17.1. The third-order valence-electron chi connectivity index (χ3n) is 10.2. The van der Waals surface area contributed by atoms with Crippen molar-refractivity contribution in [2.24, 2.45) is 11.8 Å². The molecule has 3 heterocycles. The molecule has 49 heavy (non-hydrogen) atoms. The van der Waals surface area contributed by atoms with Gasteiger partial charge in [-0.1, -0.05) is 45.2 Å². The van der Waals surface area contributed by atoms with Gasteiger partial charge in [0.15, 0.2) is 0 Å². The van der Waals surface area contributed by atoms with Gasteiger partial charge in [0.1, 0.15) is 4.90 Å². The molecule has 0 radical (unpaired) electrons. The molecule has 11 nitrogen and oxygen atoms in total. The van der Waals surface area contributed by atoms with E-state index in [4.69, 9.17) is 9.47 Å². The van der Waals surface area contributed by atoms with Crippen LogP contribution in [0.5, 0.6) is 11.9 Å². The Morgan fingerprint density at radius 1 is 1.06 bits per heavy atom. The Labute approximate surface area is 288 Å². The highest BCUT2D eigenvalue weighted by Crippen LogP contribution is 2.43. The topological polar surface area (TPSA) is 144 Å². The molecular weight excluding hydrogens is 643 g/mol. The fourth-order valence-corrected chi connectivity index (χ4v) is 8.75. The molecule has 3 unspecified atom stereocenters. The van der Waals surface area contributed by atoms with Crippen LogP contribution in [0.15, 0.2) is 53.7 Å². The van der Waals surface area contributed by atoms with E-state index in [0.717, 1.165) is 43.2 Å². The lowest BCUT2D eigenvalue weighted by molar-refractivity contribution is 0.0696. The quantitative estimate of drug-likeness (QED) is 0.144. The largest absolute Gasteiger partial charge is 0.480 e. The van der Waals surface area contributed by atoms with Crippen LogP contribution in [0.2, 0.25) is 0 Å². The van der Waals surface area contributed by atoms with Gasteiger partial charge in [-0.15, -0.1) is 0 Å². The zero-order chi connectivity index (χ0) is 34.7. The maximum atomic E-state index is 14.0. The summed E-state index contributed by atoms with van der Waals surface area (Å²) in [4.78, 5) is 25.6. The first-order valence-corrected chi connectivity index (χ1v) is 18.6. The first kappa shape index (κ1) is 34.6. The SMILES string of the molecule is CCC(C)CCC1CCC(c2cc(Nc3c(S(=O)(=O)N4CCCC4)cnc4cc(-c5cnc(OC)nc5OC)ccc34)cc(C(=O)O)c2)C1. The number of hydrogen-bond acceptors (Lipinski definition) is 9. The van der Waals surface area contributed by atoms with Crippen LogP contribution in [0.25, 0.3) is 22.0 Å². The summed E-state index contributed by atoms with van der Waals surface area (Å²) >= 11 is 0. The van der Waals surface area contributed by atoms with Gasteiger partial charge in [-0.2, -0.15) is 9.29 Å². The second-order valence-electron chi connectivity index (χ2n) is 13.4. The van der Waals surface area contributed by atoms with Crippen molar-refractivity contribution in [2.45, 2.75) is 76.0 Å². The number of aromatic carboxylic acids is 1. The van der Waals surface area contributed by atoms with Gasteiger partial charge in [0, 0.05) is 36.6 Å². The molecule has 12 heteroatoms. The number of anilines is 2. The van der Waals surface area contributed by atoms with Crippen molar-refractivity contribution in [2.75, 3.05) is 32.6 Å². The van der Waals surface area contributed by atoms with Crippen molar-refractivity contribution in [3.05, 3.63) is 59.9 Å². The number of nitrogens with zero attached hydrogens (tertiary/aromatic N) is 4. The minimum absolute atomic E-state index is 0.0493. The van der Waals surface area contributed by atoms with Crippen LogP contribution in [0.4, 0.5) is 11.4 Å². The number of rotatable bonds is 13. The molecule has 2 aromatic carbocycles. The predicted molar refractivity (Wildman–Crippen MR) is 189 cm³/mol. The number of fused-ring (bicyclic) bond motifs is 1. The van der Waals surface area contributed by atoms with Crippen LogP contribution in [0.3, 0.4) is 0 Å². The molecule has 1 saturated heterocycles. The van der Waals surface area contributed by atoms with E-state index in [9.17, 15) is 18.3 Å². The summed E-state index contributed by atoms with van der Waals surface area (Å²) in [5.41, 5.74) is 3.88. The zero-order valence-corrected chi connectivity index (χ0v) is 29.4. The molecular formula is C37H45N5O6S. The number of pyridine rings is 1. The van der Waals surface area contributed by atoms with Gasteiger partial charge in [-0.3, -0.25) is 4.98 Å². The minimum atomic E-state index is -3.90. The van der Waals surface area contributed by atoms with Crippen molar-refractivity contribution < 1.29 is 27.8 Å². The molecule has 1 aliphatic carbocycles. The molecule has 3 atom stereocenters. The fraction of sp³-hybridized carbons (Fsp3) is 0.459. The summed E-state index contributed by atoms with van der Waals surface area (Å²) < 4.78 is 40.2. The average molecular weight is 688 g/mol. The Bertz CT molecular complexity index is 1950. The Morgan fingerprint density at radius 2 is 1.86 bits per heavy atom. The first-order chi connectivity index (χ1) is 23.6.